The quantitative estimate of drug-likeness (QED) is 0.645. The van der Waals surface area contributed by atoms with Crippen LogP contribution in [0.2, 0.25) is 0 Å². The summed E-state index contributed by atoms with van der Waals surface area (Å²) in [5.74, 6) is 1.17. The first kappa shape index (κ1) is 19.4. The Kier molecular flexibility index (Phi) is 5.90. The number of amides is 1. The molecule has 8 heteroatoms. The van der Waals surface area contributed by atoms with Gasteiger partial charge in [-0.25, -0.2) is 4.98 Å². The molecule has 0 aliphatic heterocycles. The van der Waals surface area contributed by atoms with Crippen LogP contribution in [0.1, 0.15) is 39.5 Å². The lowest BCUT2D eigenvalue weighted by Crippen LogP contribution is -2.24. The van der Waals surface area contributed by atoms with Crippen molar-refractivity contribution in [3.8, 4) is 11.5 Å². The van der Waals surface area contributed by atoms with Gasteiger partial charge in [0.05, 0.1) is 19.9 Å². The molecule has 0 bridgehead atoms. The normalized spacial score (nSPS) is 11.7. The molecule has 0 radical (unpaired) electrons. The molecule has 0 aliphatic rings. The van der Waals surface area contributed by atoms with Gasteiger partial charge in [-0.3, -0.25) is 9.78 Å². The fourth-order valence-electron chi connectivity index (χ4n) is 2.64. The van der Waals surface area contributed by atoms with Gasteiger partial charge in [-0.1, -0.05) is 6.07 Å². The summed E-state index contributed by atoms with van der Waals surface area (Å²) in [6.07, 6.45) is 0.411. The van der Waals surface area contributed by atoms with Gasteiger partial charge in [0.25, 0.3) is 5.91 Å². The summed E-state index contributed by atoms with van der Waals surface area (Å²) >= 11 is 0. The summed E-state index contributed by atoms with van der Waals surface area (Å²) in [5.41, 5.74) is 1.30. The molecule has 28 heavy (non-hydrogen) atoms. The lowest BCUT2D eigenvalue weighted by Gasteiger charge is -2.09. The molecule has 0 saturated carbocycles. The molecule has 8 nitrogen and oxygen atoms in total. The molecule has 1 amide bonds. The van der Waals surface area contributed by atoms with Gasteiger partial charge in [0.1, 0.15) is 17.3 Å². The zero-order chi connectivity index (χ0) is 20.1. The van der Waals surface area contributed by atoms with Crippen molar-refractivity contribution in [3.63, 3.8) is 0 Å². The Morgan fingerprint density at radius 1 is 1.21 bits per heavy atom. The van der Waals surface area contributed by atoms with Crippen molar-refractivity contribution < 1.29 is 23.8 Å². The van der Waals surface area contributed by atoms with E-state index in [1.165, 1.54) is 0 Å². The zero-order valence-electron chi connectivity index (χ0n) is 15.8. The number of aliphatic hydroxyl groups excluding tert-OH is 1. The molecular formula is C20H21N3O5. The molecular weight excluding hydrogens is 362 g/mol. The van der Waals surface area contributed by atoms with E-state index < -0.39 is 12.0 Å². The molecule has 2 aromatic heterocycles. The number of carbonyl (C=O) groups is 1. The molecule has 1 aromatic carbocycles. The second-order valence-electron chi connectivity index (χ2n) is 6.02. The lowest BCUT2D eigenvalue weighted by atomic mass is 10.2. The summed E-state index contributed by atoms with van der Waals surface area (Å²) in [5, 5.41) is 13.1. The topological polar surface area (TPSA) is 107 Å². The van der Waals surface area contributed by atoms with Crippen LogP contribution in [-0.2, 0) is 6.54 Å². The highest BCUT2D eigenvalue weighted by molar-refractivity contribution is 5.93. The maximum Gasteiger partial charge on any atom is 0.273 e. The second-order valence-corrected chi connectivity index (χ2v) is 6.02. The van der Waals surface area contributed by atoms with Crippen LogP contribution in [0.4, 0.5) is 0 Å². The molecule has 0 saturated heterocycles. The van der Waals surface area contributed by atoms with Crippen LogP contribution in [0, 0.1) is 6.92 Å². The largest absolute Gasteiger partial charge is 0.497 e. The number of oxazole rings is 1. The van der Waals surface area contributed by atoms with Gasteiger partial charge in [0, 0.05) is 18.8 Å². The number of rotatable bonds is 7. The summed E-state index contributed by atoms with van der Waals surface area (Å²) in [4.78, 5) is 20.7. The number of nitrogens with one attached hydrogen (secondary N) is 1. The molecule has 1 unspecified atom stereocenters. The van der Waals surface area contributed by atoms with Crippen molar-refractivity contribution in [2.24, 2.45) is 0 Å². The average molecular weight is 383 g/mol. The Hall–Kier alpha value is -3.39. The number of aromatic nitrogens is 2. The van der Waals surface area contributed by atoms with E-state index >= 15 is 0 Å². The fraction of sp³-hybridized carbons (Fsp3) is 0.250. The SMILES string of the molecule is COc1cc(CNC(=O)c2nc(C(O)c3ccccn3)oc2C)cc(OC)c1. The van der Waals surface area contributed by atoms with Crippen LogP contribution in [0.15, 0.2) is 47.0 Å². The van der Waals surface area contributed by atoms with Crippen molar-refractivity contribution in [2.75, 3.05) is 14.2 Å². The smallest absolute Gasteiger partial charge is 0.273 e. The van der Waals surface area contributed by atoms with E-state index in [1.807, 2.05) is 0 Å². The van der Waals surface area contributed by atoms with Gasteiger partial charge in [0.15, 0.2) is 11.8 Å². The Balaban J connectivity index is 1.72. The third kappa shape index (κ3) is 4.29. The van der Waals surface area contributed by atoms with E-state index in [2.05, 4.69) is 15.3 Å². The van der Waals surface area contributed by atoms with E-state index in [9.17, 15) is 9.90 Å². The lowest BCUT2D eigenvalue weighted by molar-refractivity contribution is 0.0945. The van der Waals surface area contributed by atoms with E-state index in [4.69, 9.17) is 13.9 Å². The van der Waals surface area contributed by atoms with Gasteiger partial charge < -0.3 is 24.3 Å². The van der Waals surface area contributed by atoms with Crippen LogP contribution < -0.4 is 14.8 Å². The maximum atomic E-state index is 12.5. The highest BCUT2D eigenvalue weighted by Gasteiger charge is 2.23. The van der Waals surface area contributed by atoms with E-state index in [-0.39, 0.29) is 18.1 Å². The summed E-state index contributed by atoms with van der Waals surface area (Å²) in [6, 6.07) is 10.5. The van der Waals surface area contributed by atoms with Gasteiger partial charge in [-0.05, 0) is 36.8 Å². The third-order valence-electron chi connectivity index (χ3n) is 4.09. The fourth-order valence-corrected chi connectivity index (χ4v) is 2.64. The van der Waals surface area contributed by atoms with E-state index in [1.54, 1.807) is 63.7 Å². The van der Waals surface area contributed by atoms with E-state index in [0.29, 0.717) is 23.0 Å². The third-order valence-corrected chi connectivity index (χ3v) is 4.09. The van der Waals surface area contributed by atoms with Crippen molar-refractivity contribution in [1.29, 1.82) is 0 Å². The number of benzene rings is 1. The Morgan fingerprint density at radius 2 is 1.93 bits per heavy atom. The molecule has 2 heterocycles. The zero-order valence-corrected chi connectivity index (χ0v) is 15.8. The summed E-state index contributed by atoms with van der Waals surface area (Å²) < 4.78 is 15.9. The van der Waals surface area contributed by atoms with Crippen LogP contribution >= 0.6 is 0 Å². The number of aryl methyl sites for hydroxylation is 1. The van der Waals surface area contributed by atoms with Gasteiger partial charge in [0.2, 0.25) is 5.89 Å². The Morgan fingerprint density at radius 3 is 2.54 bits per heavy atom. The minimum atomic E-state index is -1.15. The molecule has 3 aromatic rings. The Labute approximate surface area is 162 Å². The van der Waals surface area contributed by atoms with Crippen LogP contribution in [0.5, 0.6) is 11.5 Å². The highest BCUT2D eigenvalue weighted by atomic mass is 16.5. The van der Waals surface area contributed by atoms with Crippen molar-refractivity contribution >= 4 is 5.91 Å². The highest BCUT2D eigenvalue weighted by Crippen LogP contribution is 2.23. The molecule has 1 atom stereocenters. The Bertz CT molecular complexity index is 933. The number of hydrogen-bond acceptors (Lipinski definition) is 7. The minimum absolute atomic E-state index is 0.0180. The number of hydrogen-bond donors (Lipinski definition) is 2. The first-order valence-electron chi connectivity index (χ1n) is 8.58. The predicted octanol–water partition coefficient (Wildman–Crippen LogP) is 2.41. The number of pyridine rings is 1. The van der Waals surface area contributed by atoms with Crippen LogP contribution in [0.25, 0.3) is 0 Å². The molecule has 146 valence electrons. The monoisotopic (exact) mass is 383 g/mol. The molecule has 0 spiro atoms. The first-order chi connectivity index (χ1) is 13.5. The number of aliphatic hydroxyl groups is 1. The molecule has 0 fully saturated rings. The number of carbonyl (C=O) groups excluding carboxylic acids is 1. The van der Waals surface area contributed by atoms with Gasteiger partial charge >= 0.3 is 0 Å². The van der Waals surface area contributed by atoms with E-state index in [0.717, 1.165) is 5.56 Å². The molecule has 0 aliphatic carbocycles. The second kappa shape index (κ2) is 8.53. The van der Waals surface area contributed by atoms with Gasteiger partial charge in [-0.15, -0.1) is 0 Å². The summed E-state index contributed by atoms with van der Waals surface area (Å²) in [6.45, 7) is 1.86. The van der Waals surface area contributed by atoms with Gasteiger partial charge in [-0.2, -0.15) is 0 Å². The van der Waals surface area contributed by atoms with Crippen LogP contribution in [-0.4, -0.2) is 35.2 Å². The standard InChI is InChI=1S/C20H21N3O5/c1-12-17(23-20(28-12)18(24)16-6-4-5-7-21-16)19(25)22-11-13-8-14(26-2)10-15(9-13)27-3/h4-10,18,24H,11H2,1-3H3,(H,22,25). The van der Waals surface area contributed by atoms with Crippen molar-refractivity contribution in [2.45, 2.75) is 19.6 Å². The molecule has 3 rings (SSSR count). The number of nitrogens with zero attached hydrogens (tertiary/aromatic N) is 2. The predicted molar refractivity (Wildman–Crippen MR) is 100 cm³/mol. The maximum absolute atomic E-state index is 12.5. The van der Waals surface area contributed by atoms with Crippen LogP contribution in [0.3, 0.4) is 0 Å². The van der Waals surface area contributed by atoms with Crippen molar-refractivity contribution in [3.05, 3.63) is 71.2 Å². The minimum Gasteiger partial charge on any atom is -0.497 e. The first-order valence-corrected chi connectivity index (χ1v) is 8.58. The summed E-state index contributed by atoms with van der Waals surface area (Å²) in [7, 11) is 3.12. The number of methoxy groups -OCH3 is 2. The number of ether oxygens (including phenoxy) is 2. The van der Waals surface area contributed by atoms with Crippen molar-refractivity contribution in [1.82, 2.24) is 15.3 Å². The molecule has 2 N–H and O–H groups in total. The average Bonchev–Trinajstić information content (AvgIpc) is 3.13.